The Hall–Kier alpha value is -2.56. The van der Waals surface area contributed by atoms with E-state index in [1.807, 2.05) is 6.07 Å². The maximum absolute atomic E-state index is 5.97. The second-order valence-corrected chi connectivity index (χ2v) is 4.02. The van der Waals surface area contributed by atoms with Crippen LogP contribution in [0.4, 0.5) is 5.69 Å². The Labute approximate surface area is 117 Å². The monoisotopic (exact) mass is 275 g/mol. The lowest BCUT2D eigenvalue weighted by molar-refractivity contribution is 0.386. The molecule has 0 aliphatic rings. The lowest BCUT2D eigenvalue weighted by Crippen LogP contribution is -1.96. The lowest BCUT2D eigenvalue weighted by Gasteiger charge is -2.13. The van der Waals surface area contributed by atoms with Gasteiger partial charge in [-0.3, -0.25) is 0 Å². The van der Waals surface area contributed by atoms with Crippen LogP contribution in [0.3, 0.4) is 0 Å². The van der Waals surface area contributed by atoms with Crippen molar-refractivity contribution in [1.82, 2.24) is 0 Å². The van der Waals surface area contributed by atoms with Crippen molar-refractivity contribution in [2.75, 3.05) is 27.1 Å². The Balaban J connectivity index is 2.34. The van der Waals surface area contributed by atoms with Crippen molar-refractivity contribution in [3.8, 4) is 28.7 Å². The average Bonchev–Trinajstić information content (AvgIpc) is 2.49. The Bertz CT molecular complexity index is 576. The van der Waals surface area contributed by atoms with Gasteiger partial charge in [-0.15, -0.1) is 0 Å². The summed E-state index contributed by atoms with van der Waals surface area (Å²) >= 11 is 0. The molecule has 0 radical (unpaired) electrons. The molecule has 2 aromatic rings. The summed E-state index contributed by atoms with van der Waals surface area (Å²) < 4.78 is 21.3. The van der Waals surface area contributed by atoms with E-state index in [1.165, 1.54) is 0 Å². The maximum Gasteiger partial charge on any atom is 0.154 e. The highest BCUT2D eigenvalue weighted by Gasteiger charge is 2.09. The summed E-state index contributed by atoms with van der Waals surface area (Å²) in [4.78, 5) is 0. The molecule has 0 bridgehead atoms. The van der Waals surface area contributed by atoms with Crippen molar-refractivity contribution in [2.45, 2.75) is 0 Å². The number of hydrogen-bond donors (Lipinski definition) is 1. The number of rotatable bonds is 5. The number of nitrogen functional groups attached to an aromatic ring is 1. The van der Waals surface area contributed by atoms with Gasteiger partial charge >= 0.3 is 0 Å². The van der Waals surface area contributed by atoms with Crippen LogP contribution in [0.15, 0.2) is 36.4 Å². The number of ether oxygens (including phenoxy) is 4. The van der Waals surface area contributed by atoms with E-state index in [2.05, 4.69) is 0 Å². The standard InChI is InChI=1S/C15H17NO4/c1-17-10-7-11(18-2)9-12(8-10)20-14-6-4-5-13(19-3)15(14)16/h4-9H,16H2,1-3H3. The molecule has 0 aromatic heterocycles. The van der Waals surface area contributed by atoms with Gasteiger partial charge in [-0.25, -0.2) is 0 Å². The van der Waals surface area contributed by atoms with Gasteiger partial charge in [0.15, 0.2) is 5.75 Å². The van der Waals surface area contributed by atoms with Crippen LogP contribution in [0.2, 0.25) is 0 Å². The highest BCUT2D eigenvalue weighted by atomic mass is 16.5. The van der Waals surface area contributed by atoms with Crippen LogP contribution >= 0.6 is 0 Å². The zero-order valence-electron chi connectivity index (χ0n) is 11.7. The summed E-state index contributed by atoms with van der Waals surface area (Å²) in [5.74, 6) is 2.93. The predicted molar refractivity (Wildman–Crippen MR) is 77.0 cm³/mol. The second-order valence-electron chi connectivity index (χ2n) is 4.02. The summed E-state index contributed by atoms with van der Waals surface area (Å²) in [6.07, 6.45) is 0. The van der Waals surface area contributed by atoms with Crippen molar-refractivity contribution in [1.29, 1.82) is 0 Å². The van der Waals surface area contributed by atoms with E-state index < -0.39 is 0 Å². The topological polar surface area (TPSA) is 62.9 Å². The van der Waals surface area contributed by atoms with Gasteiger partial charge in [-0.1, -0.05) is 6.07 Å². The molecule has 106 valence electrons. The molecule has 0 aliphatic heterocycles. The Morgan fingerprint density at radius 1 is 0.750 bits per heavy atom. The lowest BCUT2D eigenvalue weighted by atomic mass is 10.2. The van der Waals surface area contributed by atoms with Crippen molar-refractivity contribution in [2.24, 2.45) is 0 Å². The molecule has 0 fully saturated rings. The van der Waals surface area contributed by atoms with Crippen molar-refractivity contribution < 1.29 is 18.9 Å². The molecule has 0 spiro atoms. The van der Waals surface area contributed by atoms with E-state index >= 15 is 0 Å². The number of benzene rings is 2. The van der Waals surface area contributed by atoms with Crippen molar-refractivity contribution in [3.63, 3.8) is 0 Å². The minimum absolute atomic E-state index is 0.441. The fourth-order valence-electron chi connectivity index (χ4n) is 1.76. The first-order valence-corrected chi connectivity index (χ1v) is 6.01. The molecule has 0 amide bonds. The largest absolute Gasteiger partial charge is 0.496 e. The third-order valence-electron chi connectivity index (χ3n) is 2.80. The summed E-state index contributed by atoms with van der Waals surface area (Å²) in [5, 5.41) is 0. The first-order chi connectivity index (χ1) is 9.67. The van der Waals surface area contributed by atoms with Crippen LogP contribution in [0.25, 0.3) is 0 Å². The molecular formula is C15H17NO4. The minimum atomic E-state index is 0.441. The molecule has 0 heterocycles. The number of nitrogens with two attached hydrogens (primary N) is 1. The number of methoxy groups -OCH3 is 3. The Morgan fingerprint density at radius 2 is 1.30 bits per heavy atom. The zero-order valence-corrected chi connectivity index (χ0v) is 11.7. The molecule has 0 unspecified atom stereocenters. The zero-order chi connectivity index (χ0) is 14.5. The Morgan fingerprint density at radius 3 is 1.85 bits per heavy atom. The summed E-state index contributed by atoms with van der Waals surface area (Å²) in [6.45, 7) is 0. The minimum Gasteiger partial charge on any atom is -0.496 e. The van der Waals surface area contributed by atoms with Gasteiger partial charge in [-0.05, 0) is 12.1 Å². The third-order valence-corrected chi connectivity index (χ3v) is 2.80. The smallest absolute Gasteiger partial charge is 0.154 e. The summed E-state index contributed by atoms with van der Waals surface area (Å²) in [7, 11) is 4.72. The fourth-order valence-corrected chi connectivity index (χ4v) is 1.76. The summed E-state index contributed by atoms with van der Waals surface area (Å²) in [6, 6.07) is 10.6. The van der Waals surface area contributed by atoms with E-state index in [1.54, 1.807) is 51.7 Å². The van der Waals surface area contributed by atoms with Gasteiger partial charge in [0.1, 0.15) is 28.7 Å². The molecule has 5 heteroatoms. The molecular weight excluding hydrogens is 258 g/mol. The van der Waals surface area contributed by atoms with Crippen LogP contribution < -0.4 is 24.7 Å². The molecule has 5 nitrogen and oxygen atoms in total. The average molecular weight is 275 g/mol. The maximum atomic E-state index is 5.97. The van der Waals surface area contributed by atoms with Gasteiger partial charge in [0.2, 0.25) is 0 Å². The summed E-state index contributed by atoms with van der Waals surface area (Å²) in [5.41, 5.74) is 6.41. The first-order valence-electron chi connectivity index (χ1n) is 6.01. The van der Waals surface area contributed by atoms with Gasteiger partial charge in [0, 0.05) is 18.2 Å². The number of anilines is 1. The molecule has 2 rings (SSSR count). The van der Waals surface area contributed by atoms with Crippen LogP contribution in [-0.2, 0) is 0 Å². The molecule has 0 saturated carbocycles. The molecule has 2 N–H and O–H groups in total. The molecule has 0 aliphatic carbocycles. The van der Waals surface area contributed by atoms with E-state index in [9.17, 15) is 0 Å². The quantitative estimate of drug-likeness (QED) is 0.849. The normalized spacial score (nSPS) is 9.95. The SMILES string of the molecule is COc1cc(OC)cc(Oc2cccc(OC)c2N)c1. The molecule has 0 saturated heterocycles. The third kappa shape index (κ3) is 2.88. The molecule has 2 aromatic carbocycles. The van der Waals surface area contributed by atoms with Gasteiger partial charge in [-0.2, -0.15) is 0 Å². The van der Waals surface area contributed by atoms with E-state index in [0.717, 1.165) is 0 Å². The van der Waals surface area contributed by atoms with Crippen LogP contribution in [0.5, 0.6) is 28.7 Å². The highest BCUT2D eigenvalue weighted by molar-refractivity contribution is 5.63. The van der Waals surface area contributed by atoms with Crippen LogP contribution in [-0.4, -0.2) is 21.3 Å². The Kier molecular flexibility index (Phi) is 4.20. The number of para-hydroxylation sites is 1. The van der Waals surface area contributed by atoms with E-state index in [-0.39, 0.29) is 0 Å². The van der Waals surface area contributed by atoms with Gasteiger partial charge < -0.3 is 24.7 Å². The van der Waals surface area contributed by atoms with Crippen LogP contribution in [0.1, 0.15) is 0 Å². The van der Waals surface area contributed by atoms with E-state index in [0.29, 0.717) is 34.4 Å². The second kappa shape index (κ2) is 6.06. The molecule has 20 heavy (non-hydrogen) atoms. The van der Waals surface area contributed by atoms with Crippen molar-refractivity contribution in [3.05, 3.63) is 36.4 Å². The van der Waals surface area contributed by atoms with Crippen molar-refractivity contribution >= 4 is 5.69 Å². The first kappa shape index (κ1) is 13.9. The molecule has 0 atom stereocenters. The number of hydrogen-bond acceptors (Lipinski definition) is 5. The fraction of sp³-hybridized carbons (Fsp3) is 0.200. The highest BCUT2D eigenvalue weighted by Crippen LogP contribution is 2.36. The van der Waals surface area contributed by atoms with E-state index in [4.69, 9.17) is 24.7 Å². The van der Waals surface area contributed by atoms with Crippen LogP contribution in [0, 0.1) is 0 Å². The van der Waals surface area contributed by atoms with Gasteiger partial charge in [0.25, 0.3) is 0 Å². The van der Waals surface area contributed by atoms with Gasteiger partial charge in [0.05, 0.1) is 21.3 Å². The predicted octanol–water partition coefficient (Wildman–Crippen LogP) is 3.09.